The Morgan fingerprint density at radius 1 is 1.30 bits per heavy atom. The zero-order valence-corrected chi connectivity index (χ0v) is 13.4. The second-order valence-electron chi connectivity index (χ2n) is 6.83. The quantitative estimate of drug-likeness (QED) is 0.932. The van der Waals surface area contributed by atoms with Crippen LogP contribution in [0.4, 0.5) is 5.95 Å². The summed E-state index contributed by atoms with van der Waals surface area (Å²) < 4.78 is 1.88. The molecule has 6 heteroatoms. The van der Waals surface area contributed by atoms with Crippen molar-refractivity contribution < 1.29 is 5.11 Å². The van der Waals surface area contributed by atoms with Crippen LogP contribution in [0.3, 0.4) is 0 Å². The molecule has 0 bridgehead atoms. The van der Waals surface area contributed by atoms with E-state index in [0.29, 0.717) is 11.9 Å². The van der Waals surface area contributed by atoms with Gasteiger partial charge in [0.25, 0.3) is 5.56 Å². The highest BCUT2D eigenvalue weighted by Crippen LogP contribution is 2.31. The molecular formula is C17H22N4O2. The molecule has 23 heavy (non-hydrogen) atoms. The van der Waals surface area contributed by atoms with E-state index < -0.39 is 0 Å². The highest BCUT2D eigenvalue weighted by atomic mass is 16.3. The van der Waals surface area contributed by atoms with E-state index in [1.54, 1.807) is 6.07 Å². The number of aryl methyl sites for hydroxylation is 1. The Kier molecular flexibility index (Phi) is 3.56. The van der Waals surface area contributed by atoms with E-state index in [-0.39, 0.29) is 18.2 Å². The Morgan fingerprint density at radius 3 is 2.74 bits per heavy atom. The molecule has 0 unspecified atom stereocenters. The minimum Gasteiger partial charge on any atom is -0.396 e. The molecule has 122 valence electrons. The monoisotopic (exact) mass is 314 g/mol. The lowest BCUT2D eigenvalue weighted by Gasteiger charge is -2.38. The Labute approximate surface area is 134 Å². The lowest BCUT2D eigenvalue weighted by atomic mass is 10.0. The van der Waals surface area contributed by atoms with Crippen LogP contribution < -0.4 is 10.5 Å². The topological polar surface area (TPSA) is 71.2 Å². The molecule has 1 saturated carbocycles. The van der Waals surface area contributed by atoms with Gasteiger partial charge in [0, 0.05) is 49.3 Å². The second-order valence-corrected chi connectivity index (χ2v) is 6.83. The van der Waals surface area contributed by atoms with E-state index >= 15 is 0 Å². The zero-order valence-electron chi connectivity index (χ0n) is 13.4. The molecule has 1 saturated heterocycles. The normalized spacial score (nSPS) is 19.5. The number of hydrogen-bond donors (Lipinski definition) is 1. The van der Waals surface area contributed by atoms with Crippen LogP contribution in [0, 0.1) is 12.8 Å². The molecule has 2 fully saturated rings. The number of rotatable bonds is 3. The zero-order chi connectivity index (χ0) is 16.0. The van der Waals surface area contributed by atoms with Crippen molar-refractivity contribution in [1.29, 1.82) is 0 Å². The maximum Gasteiger partial charge on any atom is 0.252 e. The van der Waals surface area contributed by atoms with Crippen molar-refractivity contribution in [3.8, 4) is 0 Å². The number of pyridine rings is 1. The molecular weight excluding hydrogens is 292 g/mol. The van der Waals surface area contributed by atoms with Crippen molar-refractivity contribution in [2.24, 2.45) is 5.92 Å². The molecule has 0 spiro atoms. The smallest absolute Gasteiger partial charge is 0.252 e. The summed E-state index contributed by atoms with van der Waals surface area (Å²) in [6, 6.07) is 1.96. The predicted octanol–water partition coefficient (Wildman–Crippen LogP) is 1.64. The summed E-state index contributed by atoms with van der Waals surface area (Å²) in [4.78, 5) is 23.8. The van der Waals surface area contributed by atoms with Crippen LogP contribution in [0.25, 0.3) is 11.0 Å². The first kappa shape index (κ1) is 14.6. The molecule has 2 aromatic heterocycles. The third-order valence-corrected chi connectivity index (χ3v) is 5.17. The van der Waals surface area contributed by atoms with Crippen molar-refractivity contribution in [1.82, 2.24) is 14.5 Å². The second kappa shape index (κ2) is 5.60. The summed E-state index contributed by atoms with van der Waals surface area (Å²) in [5.74, 6) is 0.975. The van der Waals surface area contributed by atoms with Crippen LogP contribution in [-0.2, 0) is 0 Å². The van der Waals surface area contributed by atoms with Gasteiger partial charge in [-0.3, -0.25) is 9.36 Å². The molecule has 6 nitrogen and oxygen atoms in total. The van der Waals surface area contributed by atoms with Crippen molar-refractivity contribution >= 4 is 17.0 Å². The Balaban J connectivity index is 1.81. The highest BCUT2D eigenvalue weighted by Gasteiger charge is 2.29. The summed E-state index contributed by atoms with van der Waals surface area (Å²) in [6.45, 7) is 3.70. The standard InChI is InChI=1S/C17H22N4O2/c1-11-6-15(23)21(13-4-2-3-5-13)16-14(11)7-18-17(19-16)20-8-12(9-20)10-22/h6-7,12-13,22H,2-5,8-10H2,1H3. The molecule has 0 aromatic carbocycles. The molecule has 1 aliphatic heterocycles. The van der Waals surface area contributed by atoms with Gasteiger partial charge in [0.2, 0.25) is 5.95 Å². The van der Waals surface area contributed by atoms with Crippen molar-refractivity contribution in [2.45, 2.75) is 38.6 Å². The molecule has 0 amide bonds. The van der Waals surface area contributed by atoms with Gasteiger partial charge < -0.3 is 10.0 Å². The minimum absolute atomic E-state index is 0.0448. The Morgan fingerprint density at radius 2 is 2.04 bits per heavy atom. The van der Waals surface area contributed by atoms with Crippen molar-refractivity contribution in [3.05, 3.63) is 28.2 Å². The van der Waals surface area contributed by atoms with E-state index in [1.165, 1.54) is 12.8 Å². The van der Waals surface area contributed by atoms with Crippen molar-refractivity contribution in [2.75, 3.05) is 24.6 Å². The minimum atomic E-state index is 0.0448. The molecule has 4 rings (SSSR count). The molecule has 0 atom stereocenters. The Bertz CT molecular complexity index is 789. The number of aliphatic hydroxyl groups is 1. The fraction of sp³-hybridized carbons (Fsp3) is 0.588. The van der Waals surface area contributed by atoms with Crippen molar-refractivity contribution in [3.63, 3.8) is 0 Å². The van der Waals surface area contributed by atoms with Gasteiger partial charge in [-0.25, -0.2) is 4.98 Å². The number of aromatic nitrogens is 3. The SMILES string of the molecule is Cc1cc(=O)n(C2CCCC2)c2nc(N3CC(CO)C3)ncc12. The van der Waals surface area contributed by atoms with Gasteiger partial charge in [-0.2, -0.15) is 4.98 Å². The molecule has 2 aromatic rings. The number of fused-ring (bicyclic) bond motifs is 1. The number of anilines is 1. The summed E-state index contributed by atoms with van der Waals surface area (Å²) in [6.07, 6.45) is 6.29. The van der Waals surface area contributed by atoms with Crippen LogP contribution in [-0.4, -0.2) is 39.3 Å². The fourth-order valence-electron chi connectivity index (χ4n) is 3.78. The van der Waals surface area contributed by atoms with Gasteiger partial charge in [-0.1, -0.05) is 12.8 Å². The maximum atomic E-state index is 12.6. The van der Waals surface area contributed by atoms with Crippen LogP contribution in [0.5, 0.6) is 0 Å². The lowest BCUT2D eigenvalue weighted by molar-refractivity contribution is 0.199. The van der Waals surface area contributed by atoms with E-state index in [4.69, 9.17) is 10.1 Å². The van der Waals surface area contributed by atoms with Crippen LogP contribution in [0.1, 0.15) is 37.3 Å². The van der Waals surface area contributed by atoms with Crippen LogP contribution in [0.2, 0.25) is 0 Å². The van der Waals surface area contributed by atoms with Gasteiger partial charge in [0.05, 0.1) is 0 Å². The van der Waals surface area contributed by atoms with E-state index in [0.717, 1.165) is 42.5 Å². The molecule has 1 aliphatic carbocycles. The van der Waals surface area contributed by atoms with Gasteiger partial charge in [-0.15, -0.1) is 0 Å². The first-order valence-electron chi connectivity index (χ1n) is 8.42. The number of nitrogens with zero attached hydrogens (tertiary/aromatic N) is 4. The largest absolute Gasteiger partial charge is 0.396 e. The average Bonchev–Trinajstić information content (AvgIpc) is 3.00. The highest BCUT2D eigenvalue weighted by molar-refractivity contribution is 5.79. The summed E-state index contributed by atoms with van der Waals surface area (Å²) in [5, 5.41) is 10.1. The maximum absolute atomic E-state index is 12.6. The lowest BCUT2D eigenvalue weighted by Crippen LogP contribution is -2.49. The molecule has 1 N–H and O–H groups in total. The van der Waals surface area contributed by atoms with E-state index in [9.17, 15) is 4.79 Å². The van der Waals surface area contributed by atoms with Gasteiger partial charge >= 0.3 is 0 Å². The third kappa shape index (κ3) is 2.41. The number of hydrogen-bond acceptors (Lipinski definition) is 5. The molecule has 3 heterocycles. The van der Waals surface area contributed by atoms with E-state index in [2.05, 4.69) is 9.88 Å². The van der Waals surface area contributed by atoms with Crippen LogP contribution >= 0.6 is 0 Å². The van der Waals surface area contributed by atoms with Gasteiger partial charge in [0.1, 0.15) is 5.65 Å². The summed E-state index contributed by atoms with van der Waals surface area (Å²) in [5.41, 5.74) is 1.74. The predicted molar refractivity (Wildman–Crippen MR) is 88.8 cm³/mol. The van der Waals surface area contributed by atoms with Gasteiger partial charge in [-0.05, 0) is 25.3 Å². The molecule has 2 aliphatic rings. The number of aliphatic hydroxyl groups excluding tert-OH is 1. The van der Waals surface area contributed by atoms with Crippen LogP contribution in [0.15, 0.2) is 17.1 Å². The third-order valence-electron chi connectivity index (χ3n) is 5.17. The Hall–Kier alpha value is -1.95. The summed E-state index contributed by atoms with van der Waals surface area (Å²) >= 11 is 0. The van der Waals surface area contributed by atoms with E-state index in [1.807, 2.05) is 17.7 Å². The first-order valence-corrected chi connectivity index (χ1v) is 8.42. The summed E-state index contributed by atoms with van der Waals surface area (Å²) in [7, 11) is 0. The first-order chi connectivity index (χ1) is 11.2. The van der Waals surface area contributed by atoms with Gasteiger partial charge in [0.15, 0.2) is 0 Å². The average molecular weight is 314 g/mol. The fourth-order valence-corrected chi connectivity index (χ4v) is 3.78. The molecule has 0 radical (unpaired) electrons.